The van der Waals surface area contributed by atoms with Gasteiger partial charge in [0.15, 0.2) is 0 Å². The summed E-state index contributed by atoms with van der Waals surface area (Å²) in [5.74, 6) is -0.658. The summed E-state index contributed by atoms with van der Waals surface area (Å²) in [6.07, 6.45) is 6.15. The Morgan fingerprint density at radius 1 is 1.20 bits per heavy atom. The molecule has 25 heavy (non-hydrogen) atoms. The predicted octanol–water partition coefficient (Wildman–Crippen LogP) is 3.35. The lowest BCUT2D eigenvalue weighted by atomic mass is 9.72. The number of hydrogen-bond donors (Lipinski definition) is 0. The van der Waals surface area contributed by atoms with Crippen LogP contribution in [0.15, 0.2) is 36.4 Å². The van der Waals surface area contributed by atoms with E-state index in [1.165, 1.54) is 4.90 Å². The molecule has 0 saturated heterocycles. The average molecular weight is 341 g/mol. The van der Waals surface area contributed by atoms with E-state index in [1.807, 2.05) is 19.1 Å². The summed E-state index contributed by atoms with van der Waals surface area (Å²) >= 11 is 0. The summed E-state index contributed by atoms with van der Waals surface area (Å²) in [7, 11) is 0. The smallest absolute Gasteiger partial charge is 0.315 e. The van der Waals surface area contributed by atoms with Crippen molar-refractivity contribution in [2.75, 3.05) is 6.61 Å². The van der Waals surface area contributed by atoms with Crippen molar-refractivity contribution in [1.29, 1.82) is 0 Å². The maximum absolute atomic E-state index is 12.6. The largest absolute Gasteiger partial charge is 0.465 e. The Morgan fingerprint density at radius 3 is 2.24 bits per heavy atom. The molecule has 0 radical (unpaired) electrons. The second-order valence-corrected chi connectivity index (χ2v) is 6.63. The fourth-order valence-electron chi connectivity index (χ4n) is 3.95. The molecule has 0 N–H and O–H groups in total. The maximum atomic E-state index is 12.6. The minimum Gasteiger partial charge on any atom is -0.465 e. The Balaban J connectivity index is 1.78. The Morgan fingerprint density at radius 2 is 1.76 bits per heavy atom. The van der Waals surface area contributed by atoms with Gasteiger partial charge in [-0.1, -0.05) is 24.3 Å². The molecule has 1 heterocycles. The van der Waals surface area contributed by atoms with E-state index in [0.717, 1.165) is 0 Å². The molecule has 1 aliphatic carbocycles. The van der Waals surface area contributed by atoms with Gasteiger partial charge < -0.3 is 4.74 Å². The fourth-order valence-corrected chi connectivity index (χ4v) is 3.95. The first-order valence-corrected chi connectivity index (χ1v) is 8.82. The number of carbonyl (C=O) groups excluding carboxylic acids is 3. The third kappa shape index (κ3) is 2.88. The zero-order chi connectivity index (χ0) is 18.0. The van der Waals surface area contributed by atoms with E-state index in [0.29, 0.717) is 43.4 Å². The molecule has 5 nitrogen and oxygen atoms in total. The van der Waals surface area contributed by atoms with Crippen LogP contribution in [0.1, 0.15) is 60.2 Å². The van der Waals surface area contributed by atoms with Crippen molar-refractivity contribution in [3.05, 3.63) is 47.5 Å². The van der Waals surface area contributed by atoms with E-state index in [1.54, 1.807) is 31.2 Å². The minimum atomic E-state index is -0.639. The van der Waals surface area contributed by atoms with Crippen molar-refractivity contribution in [1.82, 2.24) is 4.90 Å². The second kappa shape index (κ2) is 6.82. The van der Waals surface area contributed by atoms with Gasteiger partial charge in [-0.25, -0.2) is 0 Å². The SMILES string of the molecule is CC=CC1(C(=O)OCC)CCC(N2C(=O)c3ccccc3C2=O)CC1. The van der Waals surface area contributed by atoms with Gasteiger partial charge in [-0.2, -0.15) is 0 Å². The molecule has 1 saturated carbocycles. The molecule has 1 aliphatic heterocycles. The van der Waals surface area contributed by atoms with Gasteiger partial charge in [0.1, 0.15) is 0 Å². The highest BCUT2D eigenvalue weighted by molar-refractivity contribution is 6.21. The minimum absolute atomic E-state index is 0.166. The number of benzene rings is 1. The zero-order valence-electron chi connectivity index (χ0n) is 14.7. The Hall–Kier alpha value is -2.43. The number of imide groups is 1. The van der Waals surface area contributed by atoms with Crippen molar-refractivity contribution in [2.45, 2.75) is 45.6 Å². The number of nitrogens with zero attached hydrogens (tertiary/aromatic N) is 1. The summed E-state index contributed by atoms with van der Waals surface area (Å²) in [6, 6.07) is 6.76. The molecule has 2 amide bonds. The van der Waals surface area contributed by atoms with Gasteiger partial charge in [0, 0.05) is 6.04 Å². The molecule has 0 spiro atoms. The first kappa shape index (κ1) is 17.4. The molecule has 3 rings (SSSR count). The molecule has 132 valence electrons. The normalized spacial score (nSPS) is 26.2. The Labute approximate surface area is 147 Å². The van der Waals surface area contributed by atoms with Crippen molar-refractivity contribution >= 4 is 17.8 Å². The summed E-state index contributed by atoms with van der Waals surface area (Å²) in [4.78, 5) is 39.1. The molecule has 2 aliphatic rings. The molecule has 0 atom stereocenters. The summed E-state index contributed by atoms with van der Waals surface area (Å²) < 4.78 is 5.25. The number of ether oxygens (including phenoxy) is 1. The molecule has 1 aromatic rings. The number of esters is 1. The van der Waals surface area contributed by atoms with Gasteiger partial charge in [-0.15, -0.1) is 0 Å². The van der Waals surface area contributed by atoms with Crippen molar-refractivity contribution in [3.63, 3.8) is 0 Å². The third-order valence-electron chi connectivity index (χ3n) is 5.21. The predicted molar refractivity (Wildman–Crippen MR) is 93.1 cm³/mol. The lowest BCUT2D eigenvalue weighted by Crippen LogP contribution is -2.45. The van der Waals surface area contributed by atoms with Crippen LogP contribution < -0.4 is 0 Å². The van der Waals surface area contributed by atoms with Gasteiger partial charge in [0.25, 0.3) is 11.8 Å². The van der Waals surface area contributed by atoms with E-state index >= 15 is 0 Å². The van der Waals surface area contributed by atoms with Crippen LogP contribution in [-0.2, 0) is 9.53 Å². The highest BCUT2D eigenvalue weighted by Crippen LogP contribution is 2.42. The van der Waals surface area contributed by atoms with Crippen LogP contribution >= 0.6 is 0 Å². The van der Waals surface area contributed by atoms with Crippen molar-refractivity contribution in [3.8, 4) is 0 Å². The summed E-state index contributed by atoms with van der Waals surface area (Å²) in [5, 5.41) is 0. The first-order valence-electron chi connectivity index (χ1n) is 8.82. The summed E-state index contributed by atoms with van der Waals surface area (Å²) in [6.45, 7) is 4.03. The van der Waals surface area contributed by atoms with Gasteiger partial charge >= 0.3 is 5.97 Å². The van der Waals surface area contributed by atoms with Crippen LogP contribution in [0.5, 0.6) is 0 Å². The molecule has 1 aromatic carbocycles. The maximum Gasteiger partial charge on any atom is 0.315 e. The molecule has 0 bridgehead atoms. The van der Waals surface area contributed by atoms with E-state index in [9.17, 15) is 14.4 Å². The molecule has 1 fully saturated rings. The zero-order valence-corrected chi connectivity index (χ0v) is 14.7. The number of rotatable bonds is 4. The molecular formula is C20H23NO4. The standard InChI is InChI=1S/C20H23NO4/c1-3-11-20(19(24)25-4-2)12-9-14(10-13-20)21-17(22)15-7-5-6-8-16(15)18(21)23/h3,5-8,11,14H,4,9-10,12-13H2,1-2H3. The quantitative estimate of drug-likeness (QED) is 0.479. The van der Waals surface area contributed by atoms with Crippen LogP contribution in [0.25, 0.3) is 0 Å². The molecular weight excluding hydrogens is 318 g/mol. The number of fused-ring (bicyclic) bond motifs is 1. The third-order valence-corrected chi connectivity index (χ3v) is 5.21. The van der Waals surface area contributed by atoms with Gasteiger partial charge in [-0.3, -0.25) is 19.3 Å². The molecule has 0 aromatic heterocycles. The monoisotopic (exact) mass is 341 g/mol. The van der Waals surface area contributed by atoms with E-state index < -0.39 is 5.41 Å². The topological polar surface area (TPSA) is 63.7 Å². The second-order valence-electron chi connectivity index (χ2n) is 6.63. The van der Waals surface area contributed by atoms with Crippen LogP contribution in [0, 0.1) is 5.41 Å². The van der Waals surface area contributed by atoms with Crippen molar-refractivity contribution in [2.24, 2.45) is 5.41 Å². The number of carbonyl (C=O) groups is 3. The Bertz CT molecular complexity index is 694. The summed E-state index contributed by atoms with van der Waals surface area (Å²) in [5.41, 5.74) is 0.311. The van der Waals surface area contributed by atoms with Gasteiger partial charge in [0.05, 0.1) is 23.1 Å². The number of allylic oxidation sites excluding steroid dienone is 1. The van der Waals surface area contributed by atoms with E-state index in [2.05, 4.69) is 0 Å². The lowest BCUT2D eigenvalue weighted by molar-refractivity contribution is -0.154. The fraction of sp³-hybridized carbons (Fsp3) is 0.450. The van der Waals surface area contributed by atoms with Gasteiger partial charge in [0.2, 0.25) is 0 Å². The van der Waals surface area contributed by atoms with E-state index in [-0.39, 0.29) is 23.8 Å². The first-order chi connectivity index (χ1) is 12.0. The van der Waals surface area contributed by atoms with Crippen LogP contribution in [0.2, 0.25) is 0 Å². The molecule has 5 heteroatoms. The van der Waals surface area contributed by atoms with Crippen molar-refractivity contribution < 1.29 is 19.1 Å². The highest BCUT2D eigenvalue weighted by atomic mass is 16.5. The lowest BCUT2D eigenvalue weighted by Gasteiger charge is -2.38. The number of hydrogen-bond acceptors (Lipinski definition) is 4. The number of amides is 2. The molecule has 0 unspecified atom stereocenters. The highest BCUT2D eigenvalue weighted by Gasteiger charge is 2.46. The average Bonchev–Trinajstić information content (AvgIpc) is 2.88. The van der Waals surface area contributed by atoms with Crippen LogP contribution in [0.4, 0.5) is 0 Å². The van der Waals surface area contributed by atoms with Gasteiger partial charge in [-0.05, 0) is 51.7 Å². The Kier molecular flexibility index (Phi) is 4.75. The van der Waals surface area contributed by atoms with Crippen LogP contribution in [0.3, 0.4) is 0 Å². The van der Waals surface area contributed by atoms with E-state index in [4.69, 9.17) is 4.74 Å². The van der Waals surface area contributed by atoms with Crippen LogP contribution in [-0.4, -0.2) is 35.3 Å².